The van der Waals surface area contributed by atoms with Gasteiger partial charge in [0.05, 0.1) is 5.69 Å². The number of benzene rings is 2. The monoisotopic (exact) mass is 322 g/mol. The van der Waals surface area contributed by atoms with Crippen LogP contribution in [0.25, 0.3) is 0 Å². The number of anilines is 2. The molecule has 2 nitrogen and oxygen atoms in total. The SMILES string of the molecule is CCN(Cc1cc(N)ccc1Br)c1ccccc1F. The maximum atomic E-state index is 13.8. The zero-order valence-corrected chi connectivity index (χ0v) is 12.3. The van der Waals surface area contributed by atoms with Gasteiger partial charge in [-0.2, -0.15) is 0 Å². The Hall–Kier alpha value is -1.55. The van der Waals surface area contributed by atoms with Crippen molar-refractivity contribution in [1.82, 2.24) is 0 Å². The van der Waals surface area contributed by atoms with Crippen molar-refractivity contribution in [3.05, 3.63) is 58.3 Å². The van der Waals surface area contributed by atoms with Gasteiger partial charge in [-0.05, 0) is 42.8 Å². The number of nitrogens with zero attached hydrogens (tertiary/aromatic N) is 1. The molecular weight excluding hydrogens is 307 g/mol. The molecule has 0 atom stereocenters. The van der Waals surface area contributed by atoms with Gasteiger partial charge in [-0.25, -0.2) is 4.39 Å². The maximum Gasteiger partial charge on any atom is 0.146 e. The third-order valence-electron chi connectivity index (χ3n) is 3.01. The predicted molar refractivity (Wildman–Crippen MR) is 81.7 cm³/mol. The molecule has 2 aromatic rings. The molecule has 2 rings (SSSR count). The third-order valence-corrected chi connectivity index (χ3v) is 3.78. The number of nitrogens with two attached hydrogens (primary N) is 1. The number of nitrogen functional groups attached to an aromatic ring is 1. The lowest BCUT2D eigenvalue weighted by Crippen LogP contribution is -2.23. The minimum absolute atomic E-state index is 0.204. The van der Waals surface area contributed by atoms with Crippen LogP contribution in [-0.4, -0.2) is 6.54 Å². The van der Waals surface area contributed by atoms with E-state index in [0.29, 0.717) is 17.9 Å². The molecule has 0 unspecified atom stereocenters. The first-order chi connectivity index (χ1) is 9.11. The van der Waals surface area contributed by atoms with Gasteiger partial charge in [0, 0.05) is 23.2 Å². The fourth-order valence-electron chi connectivity index (χ4n) is 2.00. The summed E-state index contributed by atoms with van der Waals surface area (Å²) in [6.07, 6.45) is 0. The lowest BCUT2D eigenvalue weighted by molar-refractivity contribution is 0.618. The van der Waals surface area contributed by atoms with E-state index < -0.39 is 0 Å². The quantitative estimate of drug-likeness (QED) is 0.855. The number of hydrogen-bond acceptors (Lipinski definition) is 2. The molecule has 0 amide bonds. The first-order valence-corrected chi connectivity index (χ1v) is 6.94. The molecule has 4 heteroatoms. The lowest BCUT2D eigenvalue weighted by Gasteiger charge is -2.24. The highest BCUT2D eigenvalue weighted by Crippen LogP contribution is 2.25. The van der Waals surface area contributed by atoms with Crippen LogP contribution in [0.2, 0.25) is 0 Å². The maximum absolute atomic E-state index is 13.8. The van der Waals surface area contributed by atoms with Crippen molar-refractivity contribution in [2.45, 2.75) is 13.5 Å². The van der Waals surface area contributed by atoms with Crippen LogP contribution in [0.15, 0.2) is 46.9 Å². The van der Waals surface area contributed by atoms with Crippen molar-refractivity contribution in [3.8, 4) is 0 Å². The zero-order valence-electron chi connectivity index (χ0n) is 10.7. The molecule has 19 heavy (non-hydrogen) atoms. The zero-order chi connectivity index (χ0) is 13.8. The van der Waals surface area contributed by atoms with Gasteiger partial charge in [-0.1, -0.05) is 28.1 Å². The van der Waals surface area contributed by atoms with Crippen molar-refractivity contribution in [2.75, 3.05) is 17.2 Å². The molecule has 0 saturated heterocycles. The van der Waals surface area contributed by atoms with E-state index in [1.165, 1.54) is 6.07 Å². The number of para-hydroxylation sites is 1. The molecule has 2 N–H and O–H groups in total. The molecular formula is C15H16BrFN2. The third kappa shape index (κ3) is 3.26. The Morgan fingerprint density at radius 2 is 1.95 bits per heavy atom. The normalized spacial score (nSPS) is 10.5. The van der Waals surface area contributed by atoms with E-state index in [0.717, 1.165) is 16.6 Å². The highest BCUT2D eigenvalue weighted by molar-refractivity contribution is 9.10. The molecule has 0 bridgehead atoms. The second-order valence-corrected chi connectivity index (χ2v) is 5.17. The van der Waals surface area contributed by atoms with Crippen molar-refractivity contribution < 1.29 is 4.39 Å². The van der Waals surface area contributed by atoms with Gasteiger partial charge >= 0.3 is 0 Å². The minimum Gasteiger partial charge on any atom is -0.399 e. The molecule has 100 valence electrons. The van der Waals surface area contributed by atoms with Crippen LogP contribution in [0.3, 0.4) is 0 Å². The van der Waals surface area contributed by atoms with Gasteiger partial charge < -0.3 is 10.6 Å². The summed E-state index contributed by atoms with van der Waals surface area (Å²) in [5, 5.41) is 0. The standard InChI is InChI=1S/C15H16BrFN2/c1-2-19(15-6-4-3-5-14(15)17)10-11-9-12(18)7-8-13(11)16/h3-9H,2,10,18H2,1H3. The van der Waals surface area contributed by atoms with E-state index in [9.17, 15) is 4.39 Å². The Balaban J connectivity index is 2.29. The van der Waals surface area contributed by atoms with Crippen molar-refractivity contribution in [2.24, 2.45) is 0 Å². The molecule has 0 saturated carbocycles. The first kappa shape index (κ1) is 13.9. The smallest absolute Gasteiger partial charge is 0.146 e. The van der Waals surface area contributed by atoms with Crippen LogP contribution in [0.4, 0.5) is 15.8 Å². The molecule has 0 aliphatic carbocycles. The Morgan fingerprint density at radius 1 is 1.21 bits per heavy atom. The van der Waals surface area contributed by atoms with Crippen LogP contribution < -0.4 is 10.6 Å². The molecule has 0 radical (unpaired) electrons. The summed E-state index contributed by atoms with van der Waals surface area (Å²) in [5.41, 5.74) is 8.17. The van der Waals surface area contributed by atoms with Gasteiger partial charge in [0.2, 0.25) is 0 Å². The Kier molecular flexibility index (Phi) is 4.43. The molecule has 0 aliphatic heterocycles. The summed E-state index contributed by atoms with van der Waals surface area (Å²) in [6, 6.07) is 12.5. The fraction of sp³-hybridized carbons (Fsp3) is 0.200. The van der Waals surface area contributed by atoms with E-state index in [1.54, 1.807) is 12.1 Å². The second kappa shape index (κ2) is 6.06. The molecule has 0 aromatic heterocycles. The highest BCUT2D eigenvalue weighted by Gasteiger charge is 2.11. The summed E-state index contributed by atoms with van der Waals surface area (Å²) < 4.78 is 14.8. The van der Waals surface area contributed by atoms with E-state index in [1.807, 2.05) is 36.1 Å². The molecule has 0 fully saturated rings. The molecule has 0 spiro atoms. The Labute approximate surface area is 121 Å². The van der Waals surface area contributed by atoms with Crippen LogP contribution >= 0.6 is 15.9 Å². The van der Waals surface area contributed by atoms with E-state index in [2.05, 4.69) is 15.9 Å². The molecule has 2 aromatic carbocycles. The number of hydrogen-bond donors (Lipinski definition) is 1. The van der Waals surface area contributed by atoms with Crippen LogP contribution in [0.5, 0.6) is 0 Å². The largest absolute Gasteiger partial charge is 0.399 e. The lowest BCUT2D eigenvalue weighted by atomic mass is 10.1. The van der Waals surface area contributed by atoms with Gasteiger partial charge in [-0.3, -0.25) is 0 Å². The van der Waals surface area contributed by atoms with Gasteiger partial charge in [0.25, 0.3) is 0 Å². The topological polar surface area (TPSA) is 29.3 Å². The average Bonchev–Trinajstić information content (AvgIpc) is 2.41. The summed E-state index contributed by atoms with van der Waals surface area (Å²) in [5.74, 6) is -0.204. The van der Waals surface area contributed by atoms with Crippen LogP contribution in [0.1, 0.15) is 12.5 Å². The summed E-state index contributed by atoms with van der Waals surface area (Å²) >= 11 is 3.50. The first-order valence-electron chi connectivity index (χ1n) is 6.15. The summed E-state index contributed by atoms with van der Waals surface area (Å²) in [4.78, 5) is 1.98. The summed E-state index contributed by atoms with van der Waals surface area (Å²) in [6.45, 7) is 3.35. The van der Waals surface area contributed by atoms with Crippen molar-refractivity contribution >= 4 is 27.3 Å². The van der Waals surface area contributed by atoms with Crippen molar-refractivity contribution in [3.63, 3.8) is 0 Å². The van der Waals surface area contributed by atoms with E-state index in [4.69, 9.17) is 5.73 Å². The highest BCUT2D eigenvalue weighted by atomic mass is 79.9. The van der Waals surface area contributed by atoms with Gasteiger partial charge in [0.15, 0.2) is 0 Å². The summed E-state index contributed by atoms with van der Waals surface area (Å²) in [7, 11) is 0. The molecule has 0 aliphatic rings. The Bertz CT molecular complexity index is 572. The van der Waals surface area contributed by atoms with E-state index >= 15 is 0 Å². The van der Waals surface area contributed by atoms with Gasteiger partial charge in [0.1, 0.15) is 5.82 Å². The van der Waals surface area contributed by atoms with Gasteiger partial charge in [-0.15, -0.1) is 0 Å². The minimum atomic E-state index is -0.204. The van der Waals surface area contributed by atoms with Crippen LogP contribution in [-0.2, 0) is 6.54 Å². The van der Waals surface area contributed by atoms with Crippen molar-refractivity contribution in [1.29, 1.82) is 0 Å². The van der Waals surface area contributed by atoms with Crippen LogP contribution in [0, 0.1) is 5.82 Å². The number of halogens is 2. The molecule has 0 heterocycles. The second-order valence-electron chi connectivity index (χ2n) is 4.32. The number of rotatable bonds is 4. The van der Waals surface area contributed by atoms with E-state index in [-0.39, 0.29) is 5.82 Å². The average molecular weight is 323 g/mol. The predicted octanol–water partition coefficient (Wildman–Crippen LogP) is 4.20. The fourth-order valence-corrected chi connectivity index (χ4v) is 2.37. The Morgan fingerprint density at radius 3 is 2.63 bits per heavy atom.